The van der Waals surface area contributed by atoms with Gasteiger partial charge >= 0.3 is 0 Å². The van der Waals surface area contributed by atoms with Gasteiger partial charge in [0.05, 0.1) is 0 Å². The first kappa shape index (κ1) is 20.9. The molecule has 2 aliphatic heterocycles. The highest BCUT2D eigenvalue weighted by Crippen LogP contribution is 2.26. The quantitative estimate of drug-likeness (QED) is 0.606. The zero-order valence-corrected chi connectivity index (χ0v) is 17.9. The number of hydrogen-bond donors (Lipinski definition) is 2. The maximum Gasteiger partial charge on any atom is 0.226 e. The van der Waals surface area contributed by atoms with Gasteiger partial charge in [-0.25, -0.2) is 0 Å². The number of rotatable bonds is 9. The van der Waals surface area contributed by atoms with Crippen molar-refractivity contribution < 1.29 is 4.74 Å². The Balaban J connectivity index is 1.38. The number of aromatic nitrogens is 2. The molecule has 1 aromatic heterocycles. The fraction of sp³-hybridized carbons (Fsp3) is 0.333. The molecule has 1 aromatic carbocycles. The first-order valence-corrected chi connectivity index (χ1v) is 10.7. The molecular weight excluding hydrogens is 388 g/mol. The van der Waals surface area contributed by atoms with E-state index in [2.05, 4.69) is 56.8 Å². The molecule has 0 saturated carbocycles. The number of nitrogens with one attached hydrogen (secondary N) is 2. The molecule has 2 aliphatic rings. The predicted molar refractivity (Wildman–Crippen MR) is 128 cm³/mol. The molecule has 0 atom stereocenters. The van der Waals surface area contributed by atoms with Crippen molar-refractivity contribution in [2.75, 3.05) is 68.0 Å². The van der Waals surface area contributed by atoms with Crippen LogP contribution >= 0.6 is 0 Å². The Hall–Kier alpha value is -3.32. The smallest absolute Gasteiger partial charge is 0.226 e. The van der Waals surface area contributed by atoms with Crippen molar-refractivity contribution in [3.63, 3.8) is 0 Å². The SMILES string of the molecule is C=CCNc1cc(N2CCN(CC3=Cc4ccccc4OC3)CC2)nc(NCC=C)n1. The monoisotopic (exact) mass is 418 g/mol. The first-order chi connectivity index (χ1) is 15.2. The predicted octanol–water partition coefficient (Wildman–Crippen LogP) is 3.27. The van der Waals surface area contributed by atoms with Gasteiger partial charge in [0.2, 0.25) is 5.95 Å². The molecule has 31 heavy (non-hydrogen) atoms. The van der Waals surface area contributed by atoms with Gasteiger partial charge in [-0.3, -0.25) is 4.90 Å². The third-order valence-corrected chi connectivity index (χ3v) is 5.36. The van der Waals surface area contributed by atoms with Gasteiger partial charge in [-0.05, 0) is 17.7 Å². The second-order valence-electron chi connectivity index (χ2n) is 7.67. The Morgan fingerprint density at radius 3 is 2.58 bits per heavy atom. The molecule has 2 aromatic rings. The highest BCUT2D eigenvalue weighted by molar-refractivity contribution is 5.62. The number of para-hydroxylation sites is 1. The largest absolute Gasteiger partial charge is 0.489 e. The summed E-state index contributed by atoms with van der Waals surface area (Å²) in [5.74, 6) is 3.31. The van der Waals surface area contributed by atoms with Crippen LogP contribution in [0.25, 0.3) is 6.08 Å². The lowest BCUT2D eigenvalue weighted by atomic mass is 10.1. The van der Waals surface area contributed by atoms with E-state index in [1.807, 2.05) is 24.3 Å². The van der Waals surface area contributed by atoms with E-state index < -0.39 is 0 Å². The number of hydrogen-bond acceptors (Lipinski definition) is 7. The van der Waals surface area contributed by atoms with Gasteiger partial charge in [0.25, 0.3) is 0 Å². The molecule has 0 aliphatic carbocycles. The summed E-state index contributed by atoms with van der Waals surface area (Å²) in [5.41, 5.74) is 2.49. The molecule has 0 spiro atoms. The van der Waals surface area contributed by atoms with Crippen LogP contribution in [0.2, 0.25) is 0 Å². The number of nitrogens with zero attached hydrogens (tertiary/aromatic N) is 4. The molecule has 2 N–H and O–H groups in total. The van der Waals surface area contributed by atoms with Gasteiger partial charge < -0.3 is 20.3 Å². The van der Waals surface area contributed by atoms with Crippen LogP contribution in [0.1, 0.15) is 5.56 Å². The number of benzene rings is 1. The molecule has 1 saturated heterocycles. The molecule has 4 rings (SSSR count). The van der Waals surface area contributed by atoms with Crippen LogP contribution in [0.3, 0.4) is 0 Å². The second kappa shape index (κ2) is 10.1. The van der Waals surface area contributed by atoms with Crippen molar-refractivity contribution in [2.45, 2.75) is 0 Å². The van der Waals surface area contributed by atoms with E-state index in [-0.39, 0.29) is 0 Å². The Labute approximate surface area is 184 Å². The summed E-state index contributed by atoms with van der Waals surface area (Å²) >= 11 is 0. The first-order valence-electron chi connectivity index (χ1n) is 10.7. The lowest BCUT2D eigenvalue weighted by molar-refractivity contribution is 0.260. The minimum absolute atomic E-state index is 0.606. The van der Waals surface area contributed by atoms with Crippen molar-refractivity contribution in [1.29, 1.82) is 0 Å². The average Bonchev–Trinajstić information content (AvgIpc) is 2.81. The summed E-state index contributed by atoms with van der Waals surface area (Å²) in [7, 11) is 0. The standard InChI is InChI=1S/C24H30N6O/c1-3-9-25-22-16-23(28-24(27-22)26-10-4-2)30-13-11-29(12-14-30)17-19-15-20-7-5-6-8-21(20)31-18-19/h3-8,15-16H,1-2,9-14,17-18H2,(H2,25,26,27,28). The number of fused-ring (bicyclic) bond motifs is 1. The number of ether oxygens (including phenoxy) is 1. The highest BCUT2D eigenvalue weighted by atomic mass is 16.5. The van der Waals surface area contributed by atoms with Crippen LogP contribution in [0.4, 0.5) is 17.6 Å². The molecule has 7 nitrogen and oxygen atoms in total. The third kappa shape index (κ3) is 5.44. The van der Waals surface area contributed by atoms with E-state index in [4.69, 9.17) is 9.72 Å². The average molecular weight is 419 g/mol. The van der Waals surface area contributed by atoms with Crippen LogP contribution in [0.15, 0.2) is 61.2 Å². The fourth-order valence-corrected chi connectivity index (χ4v) is 3.78. The number of anilines is 3. The normalized spacial score (nSPS) is 16.0. The van der Waals surface area contributed by atoms with Crippen molar-refractivity contribution in [3.8, 4) is 5.75 Å². The van der Waals surface area contributed by atoms with Crippen molar-refractivity contribution >= 4 is 23.7 Å². The maximum atomic E-state index is 5.91. The maximum absolute atomic E-state index is 5.91. The third-order valence-electron chi connectivity index (χ3n) is 5.36. The summed E-state index contributed by atoms with van der Waals surface area (Å²) in [5, 5.41) is 6.47. The minimum Gasteiger partial charge on any atom is -0.489 e. The molecule has 3 heterocycles. The summed E-state index contributed by atoms with van der Waals surface area (Å²) in [6, 6.07) is 10.2. The second-order valence-corrected chi connectivity index (χ2v) is 7.67. The van der Waals surface area contributed by atoms with E-state index >= 15 is 0 Å². The van der Waals surface area contributed by atoms with Gasteiger partial charge in [0.15, 0.2) is 0 Å². The lowest BCUT2D eigenvalue weighted by Gasteiger charge is -2.36. The molecular formula is C24H30N6O. The minimum atomic E-state index is 0.606. The van der Waals surface area contributed by atoms with Crippen LogP contribution in [0.5, 0.6) is 5.75 Å². The van der Waals surface area contributed by atoms with E-state index in [0.29, 0.717) is 25.6 Å². The van der Waals surface area contributed by atoms with Gasteiger partial charge in [-0.2, -0.15) is 9.97 Å². The Kier molecular flexibility index (Phi) is 6.84. The molecule has 1 fully saturated rings. The Morgan fingerprint density at radius 2 is 1.77 bits per heavy atom. The molecule has 0 amide bonds. The molecule has 0 unspecified atom stereocenters. The van der Waals surface area contributed by atoms with Crippen LogP contribution < -0.4 is 20.3 Å². The van der Waals surface area contributed by atoms with Gasteiger partial charge in [0, 0.05) is 57.4 Å². The van der Waals surface area contributed by atoms with Crippen molar-refractivity contribution in [1.82, 2.24) is 14.9 Å². The highest BCUT2D eigenvalue weighted by Gasteiger charge is 2.21. The lowest BCUT2D eigenvalue weighted by Crippen LogP contribution is -2.47. The zero-order chi connectivity index (χ0) is 21.5. The van der Waals surface area contributed by atoms with Crippen molar-refractivity contribution in [3.05, 3.63) is 66.8 Å². The van der Waals surface area contributed by atoms with E-state index in [1.165, 1.54) is 11.1 Å². The summed E-state index contributed by atoms with van der Waals surface area (Å²) in [6.07, 6.45) is 5.89. The fourth-order valence-electron chi connectivity index (χ4n) is 3.78. The van der Waals surface area contributed by atoms with Gasteiger partial charge in [-0.1, -0.05) is 30.4 Å². The summed E-state index contributed by atoms with van der Waals surface area (Å²) in [4.78, 5) is 14.0. The van der Waals surface area contributed by atoms with E-state index in [9.17, 15) is 0 Å². The van der Waals surface area contributed by atoms with E-state index in [0.717, 1.165) is 50.1 Å². The Morgan fingerprint density at radius 1 is 1.00 bits per heavy atom. The van der Waals surface area contributed by atoms with Gasteiger partial charge in [-0.15, -0.1) is 13.2 Å². The van der Waals surface area contributed by atoms with Crippen LogP contribution in [-0.4, -0.2) is 67.3 Å². The molecule has 0 radical (unpaired) electrons. The van der Waals surface area contributed by atoms with Crippen LogP contribution in [-0.2, 0) is 0 Å². The van der Waals surface area contributed by atoms with Gasteiger partial charge in [0.1, 0.15) is 24.0 Å². The topological polar surface area (TPSA) is 65.5 Å². The summed E-state index contributed by atoms with van der Waals surface area (Å²) in [6.45, 7) is 14.2. The number of piperazine rings is 1. The zero-order valence-electron chi connectivity index (χ0n) is 17.9. The summed E-state index contributed by atoms with van der Waals surface area (Å²) < 4.78 is 5.91. The van der Waals surface area contributed by atoms with Crippen molar-refractivity contribution in [2.24, 2.45) is 0 Å². The molecule has 0 bridgehead atoms. The van der Waals surface area contributed by atoms with E-state index in [1.54, 1.807) is 6.08 Å². The molecule has 162 valence electrons. The molecule has 7 heteroatoms. The Bertz CT molecular complexity index is 919. The van der Waals surface area contributed by atoms with Crippen LogP contribution in [0, 0.1) is 0 Å².